The molecule has 1 aliphatic rings. The quantitative estimate of drug-likeness (QED) is 0.900. The number of carbonyl (C=O) groups is 1. The summed E-state index contributed by atoms with van der Waals surface area (Å²) >= 11 is 1.65. The normalized spacial score (nSPS) is 17.1. The maximum absolute atomic E-state index is 11.7. The van der Waals surface area contributed by atoms with Crippen molar-refractivity contribution in [3.8, 4) is 0 Å². The molecule has 0 bridgehead atoms. The number of hydrogen-bond donors (Lipinski definition) is 2. The van der Waals surface area contributed by atoms with E-state index >= 15 is 0 Å². The van der Waals surface area contributed by atoms with Crippen LogP contribution in [0.2, 0.25) is 0 Å². The van der Waals surface area contributed by atoms with Crippen molar-refractivity contribution in [2.45, 2.75) is 15.8 Å². The van der Waals surface area contributed by atoms with Crippen molar-refractivity contribution < 1.29 is 4.79 Å². The molecule has 0 aliphatic carbocycles. The molecule has 0 spiro atoms. The molecule has 3 rings (SSSR count). The zero-order chi connectivity index (χ0) is 13.2. The minimum Gasteiger partial charge on any atom is -0.324 e. The molecule has 5 heteroatoms. The van der Waals surface area contributed by atoms with Gasteiger partial charge in [-0.1, -0.05) is 17.8 Å². The Labute approximate surface area is 115 Å². The van der Waals surface area contributed by atoms with E-state index < -0.39 is 0 Å². The van der Waals surface area contributed by atoms with E-state index in [2.05, 4.69) is 15.6 Å². The standard InChI is InChI=1S/C14H13N3OS/c1-15-13-11-3-2-10(8-12(11)17-14(13)18)19-9-4-6-16-7-5-9/h2-8,13,15H,1H3,(H,17,18). The Morgan fingerprint density at radius 3 is 2.74 bits per heavy atom. The molecule has 0 fully saturated rings. The highest BCUT2D eigenvalue weighted by molar-refractivity contribution is 7.99. The molecule has 1 amide bonds. The van der Waals surface area contributed by atoms with Crippen LogP contribution in [0.25, 0.3) is 0 Å². The highest BCUT2D eigenvalue weighted by Gasteiger charge is 2.28. The summed E-state index contributed by atoms with van der Waals surface area (Å²) in [6.07, 6.45) is 3.54. The third-order valence-corrected chi connectivity index (χ3v) is 4.03. The first-order chi connectivity index (χ1) is 9.28. The van der Waals surface area contributed by atoms with Gasteiger partial charge in [0.2, 0.25) is 5.91 Å². The molecule has 19 heavy (non-hydrogen) atoms. The Kier molecular flexibility index (Phi) is 3.23. The molecule has 1 aromatic carbocycles. The average molecular weight is 271 g/mol. The van der Waals surface area contributed by atoms with E-state index in [1.54, 1.807) is 31.2 Å². The van der Waals surface area contributed by atoms with Crippen LogP contribution < -0.4 is 10.6 Å². The lowest BCUT2D eigenvalue weighted by atomic mass is 10.1. The molecule has 1 aromatic heterocycles. The zero-order valence-corrected chi connectivity index (χ0v) is 11.2. The van der Waals surface area contributed by atoms with Crippen LogP contribution in [-0.4, -0.2) is 17.9 Å². The maximum Gasteiger partial charge on any atom is 0.246 e. The van der Waals surface area contributed by atoms with Gasteiger partial charge in [-0.15, -0.1) is 0 Å². The van der Waals surface area contributed by atoms with E-state index in [1.165, 1.54) is 0 Å². The fraction of sp³-hybridized carbons (Fsp3) is 0.143. The Morgan fingerprint density at radius 1 is 1.21 bits per heavy atom. The van der Waals surface area contributed by atoms with Crippen molar-refractivity contribution in [3.63, 3.8) is 0 Å². The summed E-state index contributed by atoms with van der Waals surface area (Å²) in [7, 11) is 1.79. The molecule has 4 nitrogen and oxygen atoms in total. The highest BCUT2D eigenvalue weighted by Crippen LogP contribution is 2.36. The van der Waals surface area contributed by atoms with Crippen molar-refractivity contribution in [3.05, 3.63) is 48.3 Å². The average Bonchev–Trinajstić information content (AvgIpc) is 2.74. The minimum atomic E-state index is -0.241. The molecule has 1 atom stereocenters. The number of carbonyl (C=O) groups excluding carboxylic acids is 1. The number of pyridine rings is 1. The number of nitrogens with zero attached hydrogens (tertiary/aromatic N) is 1. The van der Waals surface area contributed by atoms with Gasteiger partial charge < -0.3 is 10.6 Å². The van der Waals surface area contributed by atoms with E-state index in [1.807, 2.05) is 30.3 Å². The summed E-state index contributed by atoms with van der Waals surface area (Å²) in [4.78, 5) is 18.0. The van der Waals surface area contributed by atoms with Gasteiger partial charge >= 0.3 is 0 Å². The smallest absolute Gasteiger partial charge is 0.246 e. The van der Waals surface area contributed by atoms with Crippen molar-refractivity contribution in [2.75, 3.05) is 12.4 Å². The van der Waals surface area contributed by atoms with Gasteiger partial charge in [0.05, 0.1) is 0 Å². The van der Waals surface area contributed by atoms with Gasteiger partial charge in [-0.05, 0) is 31.3 Å². The number of likely N-dealkylation sites (N-methyl/N-ethyl adjacent to an activating group) is 1. The molecular weight excluding hydrogens is 258 g/mol. The summed E-state index contributed by atoms with van der Waals surface area (Å²) in [6.45, 7) is 0. The number of aromatic nitrogens is 1. The van der Waals surface area contributed by atoms with Crippen LogP contribution >= 0.6 is 11.8 Å². The molecule has 2 N–H and O–H groups in total. The Morgan fingerprint density at radius 2 is 2.00 bits per heavy atom. The van der Waals surface area contributed by atoms with Crippen LogP contribution in [0, 0.1) is 0 Å². The molecule has 0 radical (unpaired) electrons. The van der Waals surface area contributed by atoms with Crippen LogP contribution in [0.15, 0.2) is 52.5 Å². The summed E-state index contributed by atoms with van der Waals surface area (Å²) in [5, 5.41) is 5.91. The van der Waals surface area contributed by atoms with E-state index in [-0.39, 0.29) is 11.9 Å². The SMILES string of the molecule is CNC1C(=O)Nc2cc(Sc3ccncc3)ccc21. The summed E-state index contributed by atoms with van der Waals surface area (Å²) in [5.41, 5.74) is 1.90. The van der Waals surface area contributed by atoms with Gasteiger partial charge in [0.15, 0.2) is 0 Å². The lowest BCUT2D eigenvalue weighted by molar-refractivity contribution is -0.117. The number of benzene rings is 1. The monoisotopic (exact) mass is 271 g/mol. The number of nitrogens with one attached hydrogen (secondary N) is 2. The first-order valence-electron chi connectivity index (χ1n) is 5.98. The predicted molar refractivity (Wildman–Crippen MR) is 75.2 cm³/mol. The Balaban J connectivity index is 1.87. The van der Waals surface area contributed by atoms with Crippen LogP contribution in [0.3, 0.4) is 0 Å². The maximum atomic E-state index is 11.7. The summed E-state index contributed by atoms with van der Waals surface area (Å²) in [5.74, 6) is 0.00330. The number of amides is 1. The molecule has 1 aliphatic heterocycles. The van der Waals surface area contributed by atoms with Crippen molar-refractivity contribution in [2.24, 2.45) is 0 Å². The van der Waals surface area contributed by atoms with E-state index in [0.717, 1.165) is 21.0 Å². The topological polar surface area (TPSA) is 54.0 Å². The second-order valence-electron chi connectivity index (χ2n) is 4.24. The third-order valence-electron chi connectivity index (χ3n) is 3.03. The number of hydrogen-bond acceptors (Lipinski definition) is 4. The summed E-state index contributed by atoms with van der Waals surface area (Å²) in [6, 6.07) is 9.73. The fourth-order valence-corrected chi connectivity index (χ4v) is 2.98. The van der Waals surface area contributed by atoms with E-state index in [0.29, 0.717) is 0 Å². The van der Waals surface area contributed by atoms with Gasteiger partial charge in [0.25, 0.3) is 0 Å². The lowest BCUT2D eigenvalue weighted by Crippen LogP contribution is -2.23. The first-order valence-corrected chi connectivity index (χ1v) is 6.79. The first kappa shape index (κ1) is 12.2. The predicted octanol–water partition coefficient (Wildman–Crippen LogP) is 2.45. The molecule has 0 saturated carbocycles. The Bertz CT molecular complexity index is 615. The minimum absolute atomic E-state index is 0.00330. The van der Waals surface area contributed by atoms with Crippen LogP contribution in [0.1, 0.15) is 11.6 Å². The van der Waals surface area contributed by atoms with Crippen molar-refractivity contribution in [1.82, 2.24) is 10.3 Å². The largest absolute Gasteiger partial charge is 0.324 e. The molecule has 2 aromatic rings. The number of rotatable bonds is 3. The molecule has 96 valence electrons. The Hall–Kier alpha value is -1.85. The van der Waals surface area contributed by atoms with Crippen LogP contribution in [0.5, 0.6) is 0 Å². The summed E-state index contributed by atoms with van der Waals surface area (Å²) < 4.78 is 0. The van der Waals surface area contributed by atoms with Crippen molar-refractivity contribution in [1.29, 1.82) is 0 Å². The molecule has 1 unspecified atom stereocenters. The molecule has 2 heterocycles. The number of fused-ring (bicyclic) bond motifs is 1. The van der Waals surface area contributed by atoms with E-state index in [4.69, 9.17) is 0 Å². The lowest BCUT2D eigenvalue weighted by Gasteiger charge is -2.07. The van der Waals surface area contributed by atoms with Crippen molar-refractivity contribution >= 4 is 23.4 Å². The fourth-order valence-electron chi connectivity index (χ4n) is 2.13. The van der Waals surface area contributed by atoms with Gasteiger partial charge in [-0.2, -0.15) is 0 Å². The van der Waals surface area contributed by atoms with Gasteiger partial charge in [-0.25, -0.2) is 0 Å². The van der Waals surface area contributed by atoms with Gasteiger partial charge in [-0.3, -0.25) is 9.78 Å². The van der Waals surface area contributed by atoms with Gasteiger partial charge in [0, 0.05) is 33.4 Å². The highest BCUT2D eigenvalue weighted by atomic mass is 32.2. The zero-order valence-electron chi connectivity index (χ0n) is 10.4. The second kappa shape index (κ2) is 5.03. The molecule has 0 saturated heterocycles. The number of anilines is 1. The van der Waals surface area contributed by atoms with E-state index in [9.17, 15) is 4.79 Å². The van der Waals surface area contributed by atoms with Crippen LogP contribution in [-0.2, 0) is 4.79 Å². The third kappa shape index (κ3) is 2.34. The molecular formula is C14H13N3OS. The van der Waals surface area contributed by atoms with Crippen LogP contribution in [0.4, 0.5) is 5.69 Å². The van der Waals surface area contributed by atoms with Gasteiger partial charge in [0.1, 0.15) is 6.04 Å². The second-order valence-corrected chi connectivity index (χ2v) is 5.39.